The van der Waals surface area contributed by atoms with E-state index >= 15 is 4.79 Å². The summed E-state index contributed by atoms with van der Waals surface area (Å²) in [5, 5.41) is 10.8. The largest absolute Gasteiger partial charge is 0.455 e. The number of esters is 1. The Morgan fingerprint density at radius 1 is 1.12 bits per heavy atom. The van der Waals surface area contributed by atoms with Gasteiger partial charge in [0.15, 0.2) is 0 Å². The summed E-state index contributed by atoms with van der Waals surface area (Å²) in [7, 11) is 1.69. The van der Waals surface area contributed by atoms with E-state index in [9.17, 15) is 19.5 Å². The van der Waals surface area contributed by atoms with Crippen molar-refractivity contribution in [2.75, 3.05) is 25.1 Å². The number of rotatable bonds is 16. The van der Waals surface area contributed by atoms with Gasteiger partial charge in [-0.25, -0.2) is 0 Å². The second-order valence-electron chi connectivity index (χ2n) is 14.8. The molecule has 3 saturated heterocycles. The number of ether oxygens (including phenoxy) is 2. The molecule has 0 unspecified atom stereocenters. The first-order valence-corrected chi connectivity index (χ1v) is 18.6. The fraction of sp³-hybridized carbons (Fsp3) is 0.524. The number of aryl methyl sites for hydroxylation is 2. The van der Waals surface area contributed by atoms with Gasteiger partial charge in [0.05, 0.1) is 36.6 Å². The Kier molecular flexibility index (Phi) is 12.1. The highest BCUT2D eigenvalue weighted by atomic mass is 16.6. The Balaban J connectivity index is 1.56. The van der Waals surface area contributed by atoms with Crippen LogP contribution >= 0.6 is 0 Å². The maximum Gasteiger partial charge on any atom is 0.313 e. The van der Waals surface area contributed by atoms with Crippen LogP contribution in [0.2, 0.25) is 0 Å². The normalized spacial score (nSPS) is 25.5. The Bertz CT molecular complexity index is 1660. The van der Waals surface area contributed by atoms with Crippen LogP contribution in [-0.4, -0.2) is 88.6 Å². The molecule has 3 aliphatic rings. The highest BCUT2D eigenvalue weighted by Gasteiger charge is 2.76. The Hall–Kier alpha value is -4.28. The number of carbonyl (C=O) groups excluding carboxylic acids is 4. The summed E-state index contributed by atoms with van der Waals surface area (Å²) < 4.78 is 13.1. The predicted molar refractivity (Wildman–Crippen MR) is 200 cm³/mol. The number of anilines is 1. The molecule has 2 aromatic carbocycles. The third kappa shape index (κ3) is 6.95. The maximum atomic E-state index is 15.1. The van der Waals surface area contributed by atoms with Crippen molar-refractivity contribution in [3.05, 3.63) is 90.5 Å². The molecule has 3 amide bonds. The van der Waals surface area contributed by atoms with Gasteiger partial charge in [0.2, 0.25) is 11.8 Å². The van der Waals surface area contributed by atoms with Crippen molar-refractivity contribution in [3.63, 3.8) is 0 Å². The minimum Gasteiger partial charge on any atom is -0.455 e. The van der Waals surface area contributed by atoms with Gasteiger partial charge in [-0.2, -0.15) is 0 Å². The van der Waals surface area contributed by atoms with Gasteiger partial charge in [-0.3, -0.25) is 19.2 Å². The lowest BCUT2D eigenvalue weighted by Gasteiger charge is -2.41. The van der Waals surface area contributed by atoms with Crippen LogP contribution in [0.25, 0.3) is 0 Å². The molecule has 0 aliphatic carbocycles. The number of aliphatic hydroxyl groups excluding tert-OH is 1. The lowest BCUT2D eigenvalue weighted by atomic mass is 9.70. The molecule has 0 saturated carbocycles. The van der Waals surface area contributed by atoms with Gasteiger partial charge in [0, 0.05) is 25.7 Å². The Morgan fingerprint density at radius 2 is 1.83 bits per heavy atom. The minimum atomic E-state index is -1.30. The second-order valence-corrected chi connectivity index (χ2v) is 14.8. The molecule has 3 heterocycles. The molecule has 0 radical (unpaired) electrons. The smallest absolute Gasteiger partial charge is 0.313 e. The third-order valence-corrected chi connectivity index (χ3v) is 11.7. The van der Waals surface area contributed by atoms with Gasteiger partial charge in [0.1, 0.15) is 17.7 Å². The molecular weight excluding hydrogens is 658 g/mol. The molecule has 5 rings (SSSR count). The molecule has 10 nitrogen and oxygen atoms in total. The van der Waals surface area contributed by atoms with Crippen LogP contribution in [0.5, 0.6) is 0 Å². The lowest BCUT2D eigenvalue weighted by Crippen LogP contribution is -2.60. The number of likely N-dealkylation sites (tertiary alicyclic amines) is 1. The number of hydrogen-bond acceptors (Lipinski definition) is 7. The second kappa shape index (κ2) is 16.2. The van der Waals surface area contributed by atoms with Gasteiger partial charge < -0.3 is 29.3 Å². The SMILES string of the molecule is C=CCCC(=O)N(C)[C@@H](C)[C@@H](OC(=O)[C@@H]1[C@@H]2CC[C@]3(O2)[C@H](C(=O)N(CC=C)c2cc(C)ccc2C)N([C@@H](CO)[C@@H](C)CC)C(=O)[C@@H]13)c1ccccc1. The summed E-state index contributed by atoms with van der Waals surface area (Å²) in [6.45, 7) is 17.2. The van der Waals surface area contributed by atoms with E-state index in [-0.39, 0.29) is 43.2 Å². The molecule has 2 bridgehead atoms. The highest BCUT2D eigenvalue weighted by Crippen LogP contribution is 2.60. The van der Waals surface area contributed by atoms with Crippen molar-refractivity contribution in [3.8, 4) is 0 Å². The molecule has 52 heavy (non-hydrogen) atoms. The molecule has 2 aromatic rings. The van der Waals surface area contributed by atoms with Gasteiger partial charge in [-0.1, -0.05) is 74.9 Å². The van der Waals surface area contributed by atoms with Crippen LogP contribution in [-0.2, 0) is 28.7 Å². The number of nitrogens with zero attached hydrogens (tertiary/aromatic N) is 3. The number of likely N-dealkylation sites (N-methyl/N-ethyl adjacent to an activating group) is 1. The van der Waals surface area contributed by atoms with Crippen LogP contribution in [0.3, 0.4) is 0 Å². The number of fused-ring (bicyclic) bond motifs is 1. The fourth-order valence-corrected chi connectivity index (χ4v) is 8.53. The zero-order valence-corrected chi connectivity index (χ0v) is 31.5. The molecule has 280 valence electrons. The van der Waals surface area contributed by atoms with E-state index < -0.39 is 53.7 Å². The van der Waals surface area contributed by atoms with Gasteiger partial charge in [0.25, 0.3) is 5.91 Å². The van der Waals surface area contributed by atoms with E-state index in [1.165, 1.54) is 4.90 Å². The standard InChI is InChI=1S/C42H55N3O7/c1-9-12-18-34(47)43(8)29(7)37(30-16-14-13-15-17-30)51-41(50)35-33-21-22-42(52-33)36(35)39(48)45(32(25-46)27(5)11-3)38(42)40(49)44(23-10-2)31-24-26(4)19-20-28(31)6/h9-10,13-17,19-20,24,27,29,32-33,35-38,46H,1-2,11-12,18,21-23,25H2,3-8H3/t27-,29-,32-,33-,35+,36+,37+,38-,42+/m0/s1. The summed E-state index contributed by atoms with van der Waals surface area (Å²) in [5.74, 6) is -3.55. The maximum absolute atomic E-state index is 15.1. The highest BCUT2D eigenvalue weighted by molar-refractivity contribution is 6.05. The van der Waals surface area contributed by atoms with Crippen molar-refractivity contribution in [1.82, 2.24) is 9.80 Å². The first-order valence-electron chi connectivity index (χ1n) is 18.6. The van der Waals surface area contributed by atoms with Crippen LogP contribution in [0, 0.1) is 31.6 Å². The van der Waals surface area contributed by atoms with Crippen molar-refractivity contribution >= 4 is 29.4 Å². The van der Waals surface area contributed by atoms with Gasteiger partial charge in [-0.05, 0) is 68.7 Å². The summed E-state index contributed by atoms with van der Waals surface area (Å²) in [5.41, 5.74) is 1.98. The monoisotopic (exact) mass is 713 g/mol. The summed E-state index contributed by atoms with van der Waals surface area (Å²) in [6, 6.07) is 12.9. The molecular formula is C42H55N3O7. The summed E-state index contributed by atoms with van der Waals surface area (Å²) in [4.78, 5) is 62.5. The first kappa shape index (κ1) is 38.9. The molecule has 1 spiro atoms. The van der Waals surface area contributed by atoms with E-state index in [1.54, 1.807) is 29.0 Å². The number of aliphatic hydroxyl groups is 1. The Morgan fingerprint density at radius 3 is 2.46 bits per heavy atom. The topological polar surface area (TPSA) is 117 Å². The quantitative estimate of drug-likeness (QED) is 0.175. The third-order valence-electron chi connectivity index (χ3n) is 11.7. The van der Waals surface area contributed by atoms with Crippen molar-refractivity contribution in [2.45, 2.75) is 103 Å². The average molecular weight is 714 g/mol. The van der Waals surface area contributed by atoms with Crippen molar-refractivity contribution < 1.29 is 33.8 Å². The molecule has 9 atom stereocenters. The molecule has 0 aromatic heterocycles. The fourth-order valence-electron chi connectivity index (χ4n) is 8.53. The van der Waals surface area contributed by atoms with Crippen LogP contribution in [0.4, 0.5) is 5.69 Å². The number of allylic oxidation sites excluding steroid dienone is 1. The minimum absolute atomic E-state index is 0.109. The van der Waals surface area contributed by atoms with Crippen molar-refractivity contribution in [2.24, 2.45) is 17.8 Å². The number of carbonyl (C=O) groups is 4. The zero-order valence-electron chi connectivity index (χ0n) is 31.5. The van der Waals surface area contributed by atoms with Gasteiger partial charge >= 0.3 is 5.97 Å². The average Bonchev–Trinajstić information content (AvgIpc) is 3.80. The van der Waals surface area contributed by atoms with E-state index in [2.05, 4.69) is 13.2 Å². The zero-order chi connectivity index (χ0) is 37.9. The Labute approximate surface area is 308 Å². The molecule has 3 fully saturated rings. The van der Waals surface area contributed by atoms with Gasteiger partial charge in [-0.15, -0.1) is 13.2 Å². The number of benzene rings is 2. The molecule has 1 N–H and O–H groups in total. The van der Waals surface area contributed by atoms with E-state index in [4.69, 9.17) is 9.47 Å². The van der Waals surface area contributed by atoms with Crippen molar-refractivity contribution in [1.29, 1.82) is 0 Å². The number of hydrogen-bond donors (Lipinski definition) is 1. The van der Waals surface area contributed by atoms with E-state index in [1.807, 2.05) is 83.1 Å². The predicted octanol–water partition coefficient (Wildman–Crippen LogP) is 5.70. The first-order chi connectivity index (χ1) is 24.9. The van der Waals surface area contributed by atoms with Crippen LogP contribution in [0.15, 0.2) is 73.8 Å². The molecule has 10 heteroatoms. The van der Waals surface area contributed by atoms with E-state index in [0.29, 0.717) is 36.9 Å². The molecule has 3 aliphatic heterocycles. The van der Waals surface area contributed by atoms with Crippen LogP contribution < -0.4 is 4.90 Å². The van der Waals surface area contributed by atoms with E-state index in [0.717, 1.165) is 11.1 Å². The summed E-state index contributed by atoms with van der Waals surface area (Å²) in [6.07, 6.45) is 4.20. The lowest BCUT2D eigenvalue weighted by molar-refractivity contribution is -0.165. The summed E-state index contributed by atoms with van der Waals surface area (Å²) >= 11 is 0. The number of amides is 3. The van der Waals surface area contributed by atoms with Crippen LogP contribution in [0.1, 0.15) is 75.7 Å².